The molecular formula is C9H6Cl2F2O2. The second kappa shape index (κ2) is 4.33. The highest BCUT2D eigenvalue weighted by atomic mass is 35.5. The summed E-state index contributed by atoms with van der Waals surface area (Å²) in [5.74, 6) is -1.16. The molecule has 0 saturated carbocycles. The number of hydrogen-bond acceptors (Lipinski definition) is 2. The molecule has 82 valence electrons. The highest BCUT2D eigenvalue weighted by molar-refractivity contribution is 6.39. The summed E-state index contributed by atoms with van der Waals surface area (Å²) in [7, 11) is 1.39. The highest BCUT2D eigenvalue weighted by Gasteiger charge is 2.37. The molecule has 0 spiro atoms. The Morgan fingerprint density at radius 3 is 2.47 bits per heavy atom. The van der Waals surface area contributed by atoms with Crippen LogP contribution in [0.4, 0.5) is 8.78 Å². The van der Waals surface area contributed by atoms with Gasteiger partial charge in [0.2, 0.25) is 5.78 Å². The zero-order valence-electron chi connectivity index (χ0n) is 7.56. The SMILES string of the molecule is COc1ccc(C(=O)C(F)(F)Cl)c(Cl)c1. The standard InChI is InChI=1S/C9H6Cl2F2O2/c1-15-5-2-3-6(7(10)4-5)8(14)9(11,12)13/h2-4H,1H3. The third kappa shape index (κ3) is 2.79. The number of alkyl halides is 3. The molecule has 0 aliphatic carbocycles. The van der Waals surface area contributed by atoms with E-state index in [1.807, 2.05) is 0 Å². The number of Topliss-reactive ketones (excluding diaryl/α,β-unsaturated/α-hetero) is 1. The van der Waals surface area contributed by atoms with Crippen LogP contribution in [0.2, 0.25) is 5.02 Å². The minimum absolute atomic E-state index is 0.125. The predicted octanol–water partition coefficient (Wildman–Crippen LogP) is 3.36. The van der Waals surface area contributed by atoms with Crippen LogP contribution in [0.5, 0.6) is 5.75 Å². The molecule has 0 aromatic heterocycles. The molecule has 15 heavy (non-hydrogen) atoms. The summed E-state index contributed by atoms with van der Waals surface area (Å²) in [4.78, 5) is 11.1. The van der Waals surface area contributed by atoms with E-state index in [0.717, 1.165) is 6.07 Å². The van der Waals surface area contributed by atoms with E-state index in [9.17, 15) is 13.6 Å². The van der Waals surface area contributed by atoms with E-state index in [4.69, 9.17) is 16.3 Å². The van der Waals surface area contributed by atoms with Crippen LogP contribution in [0, 0.1) is 0 Å². The van der Waals surface area contributed by atoms with Crippen LogP contribution in [-0.2, 0) is 0 Å². The largest absolute Gasteiger partial charge is 0.497 e. The molecule has 1 rings (SSSR count). The Morgan fingerprint density at radius 1 is 1.47 bits per heavy atom. The molecule has 0 aliphatic heterocycles. The molecule has 2 nitrogen and oxygen atoms in total. The molecular weight excluding hydrogens is 249 g/mol. The van der Waals surface area contributed by atoms with E-state index in [0.29, 0.717) is 5.75 Å². The van der Waals surface area contributed by atoms with Crippen molar-refractivity contribution < 1.29 is 18.3 Å². The number of benzene rings is 1. The van der Waals surface area contributed by atoms with Crippen molar-refractivity contribution >= 4 is 29.0 Å². The number of halogens is 4. The van der Waals surface area contributed by atoms with Crippen molar-refractivity contribution in [3.05, 3.63) is 28.8 Å². The van der Waals surface area contributed by atoms with Gasteiger partial charge in [0.1, 0.15) is 5.75 Å². The maximum absolute atomic E-state index is 12.5. The van der Waals surface area contributed by atoms with E-state index in [1.165, 1.54) is 19.2 Å². The molecule has 0 saturated heterocycles. The summed E-state index contributed by atoms with van der Waals surface area (Å²) < 4.78 is 29.8. The zero-order chi connectivity index (χ0) is 11.6. The van der Waals surface area contributed by atoms with E-state index in [-0.39, 0.29) is 10.6 Å². The number of rotatable bonds is 3. The van der Waals surface area contributed by atoms with Crippen molar-refractivity contribution in [3.8, 4) is 5.75 Å². The minimum atomic E-state index is -3.95. The van der Waals surface area contributed by atoms with E-state index >= 15 is 0 Å². The molecule has 0 radical (unpaired) electrons. The summed E-state index contributed by atoms with van der Waals surface area (Å²) in [6, 6.07) is 3.75. The lowest BCUT2D eigenvalue weighted by Crippen LogP contribution is -2.21. The van der Waals surface area contributed by atoms with Gasteiger partial charge in [-0.05, 0) is 29.8 Å². The third-order valence-corrected chi connectivity index (χ3v) is 2.16. The fraction of sp³-hybridized carbons (Fsp3) is 0.222. The highest BCUT2D eigenvalue weighted by Crippen LogP contribution is 2.30. The molecule has 0 unspecified atom stereocenters. The van der Waals surface area contributed by atoms with Gasteiger partial charge in [-0.1, -0.05) is 11.6 Å². The first-order chi connectivity index (χ1) is 6.86. The quantitative estimate of drug-likeness (QED) is 0.611. The Hall–Kier alpha value is -0.870. The number of ketones is 1. The van der Waals surface area contributed by atoms with Gasteiger partial charge >= 0.3 is 5.38 Å². The molecule has 0 aliphatic rings. The Labute approximate surface area is 94.7 Å². The summed E-state index contributed by atoms with van der Waals surface area (Å²) in [6.07, 6.45) is 0. The van der Waals surface area contributed by atoms with E-state index < -0.39 is 11.2 Å². The Morgan fingerprint density at radius 2 is 2.07 bits per heavy atom. The first-order valence-corrected chi connectivity index (χ1v) is 4.57. The van der Waals surface area contributed by atoms with Crippen LogP contribution in [0.25, 0.3) is 0 Å². The minimum Gasteiger partial charge on any atom is -0.497 e. The van der Waals surface area contributed by atoms with Gasteiger partial charge in [0.25, 0.3) is 0 Å². The predicted molar refractivity (Wildman–Crippen MR) is 53.1 cm³/mol. The van der Waals surface area contributed by atoms with Crippen molar-refractivity contribution in [2.75, 3.05) is 7.11 Å². The maximum atomic E-state index is 12.5. The number of hydrogen-bond donors (Lipinski definition) is 0. The Kier molecular flexibility index (Phi) is 3.52. The second-order valence-corrected chi connectivity index (χ2v) is 3.55. The van der Waals surface area contributed by atoms with Crippen LogP contribution < -0.4 is 4.74 Å². The van der Waals surface area contributed by atoms with Crippen LogP contribution in [0.3, 0.4) is 0 Å². The first kappa shape index (κ1) is 12.2. The van der Waals surface area contributed by atoms with Gasteiger partial charge in [0.05, 0.1) is 12.1 Å². The van der Waals surface area contributed by atoms with Gasteiger partial charge in [0.15, 0.2) is 0 Å². The van der Waals surface area contributed by atoms with Gasteiger partial charge in [-0.3, -0.25) is 4.79 Å². The average molecular weight is 255 g/mol. The first-order valence-electron chi connectivity index (χ1n) is 3.81. The molecule has 0 fully saturated rings. The fourth-order valence-electron chi connectivity index (χ4n) is 0.960. The normalized spacial score (nSPS) is 11.3. The van der Waals surface area contributed by atoms with Gasteiger partial charge in [0, 0.05) is 5.56 Å². The van der Waals surface area contributed by atoms with Crippen molar-refractivity contribution in [2.45, 2.75) is 5.38 Å². The summed E-state index contributed by atoms with van der Waals surface area (Å²) >= 11 is 10.2. The van der Waals surface area contributed by atoms with Crippen molar-refractivity contribution in [2.24, 2.45) is 0 Å². The lowest BCUT2D eigenvalue weighted by Gasteiger charge is -2.09. The van der Waals surface area contributed by atoms with Gasteiger partial charge in [-0.25, -0.2) is 0 Å². The number of carbonyl (C=O) groups excluding carboxylic acids is 1. The van der Waals surface area contributed by atoms with Crippen LogP contribution in [0.15, 0.2) is 18.2 Å². The Bertz CT molecular complexity index is 388. The van der Waals surface area contributed by atoms with Gasteiger partial charge in [-0.15, -0.1) is 0 Å². The molecule has 0 N–H and O–H groups in total. The molecule has 6 heteroatoms. The molecule has 0 amide bonds. The lowest BCUT2D eigenvalue weighted by atomic mass is 10.1. The molecule has 0 heterocycles. The van der Waals surface area contributed by atoms with Crippen molar-refractivity contribution in [1.29, 1.82) is 0 Å². The summed E-state index contributed by atoms with van der Waals surface area (Å²) in [6.45, 7) is 0. The zero-order valence-corrected chi connectivity index (χ0v) is 9.07. The maximum Gasteiger partial charge on any atom is 0.384 e. The van der Waals surface area contributed by atoms with Crippen LogP contribution >= 0.6 is 23.2 Å². The molecule has 1 aromatic rings. The number of methoxy groups -OCH3 is 1. The van der Waals surface area contributed by atoms with Crippen molar-refractivity contribution in [1.82, 2.24) is 0 Å². The molecule has 0 bridgehead atoms. The molecule has 1 aromatic carbocycles. The van der Waals surface area contributed by atoms with Crippen molar-refractivity contribution in [3.63, 3.8) is 0 Å². The van der Waals surface area contributed by atoms with Gasteiger partial charge in [-0.2, -0.15) is 8.78 Å². The lowest BCUT2D eigenvalue weighted by molar-refractivity contribution is 0.0536. The topological polar surface area (TPSA) is 26.3 Å². The summed E-state index contributed by atoms with van der Waals surface area (Å²) in [5.41, 5.74) is -0.336. The Balaban J connectivity index is 3.12. The van der Waals surface area contributed by atoms with Gasteiger partial charge < -0.3 is 4.74 Å². The number of carbonyl (C=O) groups is 1. The average Bonchev–Trinajstić information content (AvgIpc) is 2.15. The monoisotopic (exact) mass is 254 g/mol. The summed E-state index contributed by atoms with van der Waals surface area (Å²) in [5, 5.41) is -4.07. The fourth-order valence-corrected chi connectivity index (χ4v) is 1.32. The van der Waals surface area contributed by atoms with Crippen LogP contribution in [0.1, 0.15) is 10.4 Å². The van der Waals surface area contributed by atoms with Crippen LogP contribution in [-0.4, -0.2) is 18.3 Å². The smallest absolute Gasteiger partial charge is 0.384 e. The van der Waals surface area contributed by atoms with E-state index in [2.05, 4.69) is 11.6 Å². The van der Waals surface area contributed by atoms with E-state index in [1.54, 1.807) is 0 Å². The third-order valence-electron chi connectivity index (χ3n) is 1.68. The number of ether oxygens (including phenoxy) is 1. The second-order valence-electron chi connectivity index (χ2n) is 2.67. The molecule has 0 atom stereocenters.